The summed E-state index contributed by atoms with van der Waals surface area (Å²) >= 11 is 24.6. The van der Waals surface area contributed by atoms with Gasteiger partial charge >= 0.3 is 0 Å². The fourth-order valence-electron chi connectivity index (χ4n) is 1.93. The van der Waals surface area contributed by atoms with Gasteiger partial charge in [0.05, 0.1) is 0 Å². The first-order valence-corrected chi connectivity index (χ1v) is 6.90. The first-order chi connectivity index (χ1) is 8.50. The Hall–Kier alpha value is -0.400. The molecule has 2 aromatic rings. The lowest BCUT2D eigenvalue weighted by Gasteiger charge is -2.17. The van der Waals surface area contributed by atoms with Gasteiger partial charge in [-0.05, 0) is 41.5 Å². The van der Waals surface area contributed by atoms with E-state index in [0.717, 1.165) is 11.1 Å². The monoisotopic (exact) mass is 318 g/mol. The standard InChI is InChI=1S/C14H10Cl4/c1-8(10-7-9(15)5-6-11(10)16)14-12(17)3-2-4-13(14)18/h2-8H,1H3. The van der Waals surface area contributed by atoms with Gasteiger partial charge in [-0.3, -0.25) is 0 Å². The summed E-state index contributed by atoms with van der Waals surface area (Å²) in [6.07, 6.45) is 0. The second kappa shape index (κ2) is 5.71. The summed E-state index contributed by atoms with van der Waals surface area (Å²) in [6, 6.07) is 10.8. The van der Waals surface area contributed by atoms with Crippen molar-refractivity contribution in [2.24, 2.45) is 0 Å². The van der Waals surface area contributed by atoms with Gasteiger partial charge in [0.1, 0.15) is 0 Å². The molecule has 0 spiro atoms. The Morgan fingerprint density at radius 2 is 1.44 bits per heavy atom. The van der Waals surface area contributed by atoms with Gasteiger partial charge in [-0.2, -0.15) is 0 Å². The molecule has 0 aliphatic carbocycles. The van der Waals surface area contributed by atoms with E-state index in [1.165, 1.54) is 0 Å². The second-order valence-electron chi connectivity index (χ2n) is 4.02. The molecule has 1 atom stereocenters. The highest BCUT2D eigenvalue weighted by Gasteiger charge is 2.18. The van der Waals surface area contributed by atoms with Crippen molar-refractivity contribution in [1.82, 2.24) is 0 Å². The zero-order chi connectivity index (χ0) is 13.3. The highest BCUT2D eigenvalue weighted by atomic mass is 35.5. The molecule has 0 heterocycles. The summed E-state index contributed by atoms with van der Waals surface area (Å²) in [5, 5.41) is 2.56. The molecule has 0 bridgehead atoms. The van der Waals surface area contributed by atoms with Crippen LogP contribution >= 0.6 is 46.4 Å². The molecule has 0 nitrogen and oxygen atoms in total. The van der Waals surface area contributed by atoms with Crippen molar-refractivity contribution in [3.8, 4) is 0 Å². The minimum Gasteiger partial charge on any atom is -0.0843 e. The topological polar surface area (TPSA) is 0 Å². The lowest BCUT2D eigenvalue weighted by Crippen LogP contribution is -1.99. The SMILES string of the molecule is CC(c1cc(Cl)ccc1Cl)c1c(Cl)cccc1Cl. The molecule has 4 heteroatoms. The maximum atomic E-state index is 6.21. The number of rotatable bonds is 2. The van der Waals surface area contributed by atoms with Crippen LogP contribution < -0.4 is 0 Å². The molecule has 0 radical (unpaired) electrons. The van der Waals surface area contributed by atoms with Crippen molar-refractivity contribution in [2.45, 2.75) is 12.8 Å². The van der Waals surface area contributed by atoms with Gasteiger partial charge in [-0.1, -0.05) is 59.4 Å². The summed E-state index contributed by atoms with van der Waals surface area (Å²) in [7, 11) is 0. The third-order valence-corrected chi connectivity index (χ3v) is 4.10. The zero-order valence-corrected chi connectivity index (χ0v) is 12.6. The Morgan fingerprint density at radius 1 is 0.833 bits per heavy atom. The molecule has 0 aliphatic rings. The number of halogens is 4. The van der Waals surface area contributed by atoms with Gasteiger partial charge < -0.3 is 0 Å². The molecule has 0 aromatic heterocycles. The second-order valence-corrected chi connectivity index (χ2v) is 5.68. The molecule has 0 saturated carbocycles. The predicted octanol–water partition coefficient (Wildman–Crippen LogP) is 6.45. The highest BCUT2D eigenvalue weighted by molar-refractivity contribution is 6.36. The van der Waals surface area contributed by atoms with Crippen molar-refractivity contribution in [2.75, 3.05) is 0 Å². The van der Waals surface area contributed by atoms with Crippen LogP contribution in [-0.2, 0) is 0 Å². The smallest absolute Gasteiger partial charge is 0.0458 e. The summed E-state index contributed by atoms with van der Waals surface area (Å²) in [4.78, 5) is 0. The molecule has 1 unspecified atom stereocenters. The van der Waals surface area contributed by atoms with E-state index in [-0.39, 0.29) is 5.92 Å². The van der Waals surface area contributed by atoms with Crippen molar-refractivity contribution < 1.29 is 0 Å². The Labute approximate surface area is 126 Å². The van der Waals surface area contributed by atoms with E-state index in [1.54, 1.807) is 12.1 Å². The largest absolute Gasteiger partial charge is 0.0843 e. The molecular weight excluding hydrogens is 310 g/mol. The zero-order valence-electron chi connectivity index (χ0n) is 9.55. The van der Waals surface area contributed by atoms with Crippen LogP contribution in [0.1, 0.15) is 24.0 Å². The normalized spacial score (nSPS) is 12.5. The van der Waals surface area contributed by atoms with Crippen LogP contribution in [-0.4, -0.2) is 0 Å². The van der Waals surface area contributed by atoms with Crippen LogP contribution in [0.4, 0.5) is 0 Å². The lowest BCUT2D eigenvalue weighted by molar-refractivity contribution is 0.923. The van der Waals surface area contributed by atoms with Crippen LogP contribution in [0, 0.1) is 0 Å². The van der Waals surface area contributed by atoms with E-state index in [4.69, 9.17) is 46.4 Å². The van der Waals surface area contributed by atoms with E-state index in [0.29, 0.717) is 20.1 Å². The van der Waals surface area contributed by atoms with Crippen LogP contribution in [0.5, 0.6) is 0 Å². The van der Waals surface area contributed by atoms with E-state index in [9.17, 15) is 0 Å². The number of hydrogen-bond acceptors (Lipinski definition) is 0. The van der Waals surface area contributed by atoms with E-state index >= 15 is 0 Å². The fraction of sp³-hybridized carbons (Fsp3) is 0.143. The Bertz CT molecular complexity index is 558. The third kappa shape index (κ3) is 2.78. The van der Waals surface area contributed by atoms with Crippen LogP contribution in [0.3, 0.4) is 0 Å². The minimum atomic E-state index is -0.0163. The van der Waals surface area contributed by atoms with E-state index in [2.05, 4.69) is 0 Å². The van der Waals surface area contributed by atoms with Gasteiger partial charge in [0.25, 0.3) is 0 Å². The molecule has 0 N–H and O–H groups in total. The quantitative estimate of drug-likeness (QED) is 0.596. The molecule has 18 heavy (non-hydrogen) atoms. The number of benzene rings is 2. The third-order valence-electron chi connectivity index (χ3n) is 2.86. The van der Waals surface area contributed by atoms with Crippen LogP contribution in [0.25, 0.3) is 0 Å². The molecule has 0 aliphatic heterocycles. The van der Waals surface area contributed by atoms with Crippen molar-refractivity contribution >= 4 is 46.4 Å². The van der Waals surface area contributed by atoms with E-state index < -0.39 is 0 Å². The maximum absolute atomic E-state index is 6.21. The molecule has 2 rings (SSSR count). The summed E-state index contributed by atoms with van der Waals surface area (Å²) in [5.41, 5.74) is 1.78. The molecule has 0 amide bonds. The summed E-state index contributed by atoms with van der Waals surface area (Å²) < 4.78 is 0. The lowest BCUT2D eigenvalue weighted by atomic mass is 9.93. The number of hydrogen-bond donors (Lipinski definition) is 0. The Morgan fingerprint density at radius 3 is 2.06 bits per heavy atom. The molecule has 0 fully saturated rings. The first kappa shape index (κ1) is 14.0. The maximum Gasteiger partial charge on any atom is 0.0458 e. The van der Waals surface area contributed by atoms with Gasteiger partial charge in [0.15, 0.2) is 0 Å². The highest BCUT2D eigenvalue weighted by Crippen LogP contribution is 2.38. The van der Waals surface area contributed by atoms with Gasteiger partial charge in [0, 0.05) is 26.0 Å². The average molecular weight is 320 g/mol. The summed E-state index contributed by atoms with van der Waals surface area (Å²) in [6.45, 7) is 2.00. The molecular formula is C14H10Cl4. The predicted molar refractivity (Wildman–Crippen MR) is 80.4 cm³/mol. The minimum absolute atomic E-state index is 0.0163. The van der Waals surface area contributed by atoms with Crippen LogP contribution in [0.15, 0.2) is 36.4 Å². The van der Waals surface area contributed by atoms with Gasteiger partial charge in [0.2, 0.25) is 0 Å². The fourth-order valence-corrected chi connectivity index (χ4v) is 3.11. The first-order valence-electron chi connectivity index (χ1n) is 5.39. The van der Waals surface area contributed by atoms with Gasteiger partial charge in [-0.25, -0.2) is 0 Å². The Balaban J connectivity index is 2.54. The Kier molecular flexibility index (Phi) is 4.45. The van der Waals surface area contributed by atoms with Crippen LogP contribution in [0.2, 0.25) is 20.1 Å². The summed E-state index contributed by atoms with van der Waals surface area (Å²) in [5.74, 6) is -0.0163. The van der Waals surface area contributed by atoms with Crippen molar-refractivity contribution in [3.63, 3.8) is 0 Å². The average Bonchev–Trinajstić information content (AvgIpc) is 2.32. The molecule has 0 saturated heterocycles. The van der Waals surface area contributed by atoms with Gasteiger partial charge in [-0.15, -0.1) is 0 Å². The van der Waals surface area contributed by atoms with E-state index in [1.807, 2.05) is 31.2 Å². The van der Waals surface area contributed by atoms with Crippen molar-refractivity contribution in [1.29, 1.82) is 0 Å². The van der Waals surface area contributed by atoms with Crippen molar-refractivity contribution in [3.05, 3.63) is 67.6 Å². The molecule has 94 valence electrons. The molecule has 2 aromatic carbocycles.